The average Bonchev–Trinajstić information content (AvgIpc) is 2.25. The molecule has 0 fully saturated rings. The van der Waals surface area contributed by atoms with Gasteiger partial charge in [-0.2, -0.15) is 0 Å². The van der Waals surface area contributed by atoms with E-state index in [0.717, 1.165) is 6.07 Å². The minimum absolute atomic E-state index is 0.127. The summed E-state index contributed by atoms with van der Waals surface area (Å²) in [6.07, 6.45) is 0. The fourth-order valence-electron chi connectivity index (χ4n) is 1.45. The van der Waals surface area contributed by atoms with Crippen molar-refractivity contribution in [3.8, 4) is 0 Å². The number of rotatable bonds is 5. The van der Waals surface area contributed by atoms with E-state index in [1.165, 1.54) is 12.1 Å². The number of anilines is 1. The quantitative estimate of drug-likeness (QED) is 0.690. The average molecular weight is 276 g/mol. The van der Waals surface area contributed by atoms with Crippen molar-refractivity contribution in [3.05, 3.63) is 24.0 Å². The number of nitrogens with two attached hydrogens (primary N) is 1. The Morgan fingerprint density at radius 1 is 1.44 bits per heavy atom. The molecule has 1 aromatic carbocycles. The van der Waals surface area contributed by atoms with E-state index in [0.29, 0.717) is 0 Å². The van der Waals surface area contributed by atoms with Crippen molar-refractivity contribution in [1.29, 1.82) is 0 Å². The van der Waals surface area contributed by atoms with Crippen LogP contribution in [0.25, 0.3) is 0 Å². The van der Waals surface area contributed by atoms with Crippen LogP contribution in [-0.2, 0) is 10.0 Å². The molecule has 0 saturated carbocycles. The third-order valence-electron chi connectivity index (χ3n) is 2.57. The molecule has 1 atom stereocenters. The lowest BCUT2D eigenvalue weighted by Crippen LogP contribution is -2.41. The van der Waals surface area contributed by atoms with Crippen LogP contribution in [0.15, 0.2) is 23.1 Å². The van der Waals surface area contributed by atoms with E-state index < -0.39 is 26.8 Å². The number of halogens is 1. The lowest BCUT2D eigenvalue weighted by atomic mass is 10.1. The summed E-state index contributed by atoms with van der Waals surface area (Å²) in [6.45, 7) is 3.12. The fourth-order valence-corrected chi connectivity index (χ4v) is 3.02. The van der Waals surface area contributed by atoms with Crippen molar-refractivity contribution in [2.24, 2.45) is 5.92 Å². The summed E-state index contributed by atoms with van der Waals surface area (Å²) in [6, 6.07) is 2.97. The highest BCUT2D eigenvalue weighted by molar-refractivity contribution is 7.89. The zero-order valence-corrected chi connectivity index (χ0v) is 11.0. The maximum Gasteiger partial charge on any atom is 0.245 e. The predicted octanol–water partition coefficient (Wildman–Crippen LogP) is 0.703. The molecule has 0 aromatic heterocycles. The summed E-state index contributed by atoms with van der Waals surface area (Å²) in [4.78, 5) is -0.580. The van der Waals surface area contributed by atoms with E-state index in [-0.39, 0.29) is 18.2 Å². The van der Waals surface area contributed by atoms with Crippen LogP contribution in [0.3, 0.4) is 0 Å². The van der Waals surface area contributed by atoms with E-state index in [2.05, 4.69) is 4.72 Å². The van der Waals surface area contributed by atoms with Crippen LogP contribution in [0, 0.1) is 11.7 Å². The largest absolute Gasteiger partial charge is 0.398 e. The first-order chi connectivity index (χ1) is 8.29. The highest BCUT2D eigenvalue weighted by atomic mass is 32.2. The molecule has 0 bridgehead atoms. The topological polar surface area (TPSA) is 92.4 Å². The molecule has 1 aromatic rings. The number of benzene rings is 1. The molecular weight excluding hydrogens is 259 g/mol. The molecule has 0 unspecified atom stereocenters. The molecule has 0 radical (unpaired) electrons. The first kappa shape index (κ1) is 14.9. The number of sulfonamides is 1. The summed E-state index contributed by atoms with van der Waals surface area (Å²) in [7, 11) is -4.09. The van der Waals surface area contributed by atoms with Crippen molar-refractivity contribution in [2.75, 3.05) is 12.3 Å². The lowest BCUT2D eigenvalue weighted by molar-refractivity contribution is 0.227. The van der Waals surface area contributed by atoms with Gasteiger partial charge in [0.15, 0.2) is 0 Å². The van der Waals surface area contributed by atoms with Gasteiger partial charge in [0.2, 0.25) is 10.0 Å². The Morgan fingerprint density at radius 3 is 2.50 bits per heavy atom. The van der Waals surface area contributed by atoms with Gasteiger partial charge < -0.3 is 10.8 Å². The van der Waals surface area contributed by atoms with Gasteiger partial charge in [0.25, 0.3) is 0 Å². The Hall–Kier alpha value is -1.18. The second-order valence-electron chi connectivity index (χ2n) is 4.31. The monoisotopic (exact) mass is 276 g/mol. The maximum atomic E-state index is 13.5. The van der Waals surface area contributed by atoms with Gasteiger partial charge >= 0.3 is 0 Å². The highest BCUT2D eigenvalue weighted by Gasteiger charge is 2.26. The molecule has 7 heteroatoms. The van der Waals surface area contributed by atoms with Crippen LogP contribution in [-0.4, -0.2) is 26.2 Å². The van der Waals surface area contributed by atoms with E-state index >= 15 is 0 Å². The fraction of sp³-hybridized carbons (Fsp3) is 0.455. The molecule has 0 aliphatic rings. The Morgan fingerprint density at radius 2 is 2.06 bits per heavy atom. The molecule has 18 heavy (non-hydrogen) atoms. The molecule has 0 heterocycles. The molecule has 0 saturated heterocycles. The van der Waals surface area contributed by atoms with Gasteiger partial charge in [0, 0.05) is 6.04 Å². The first-order valence-electron chi connectivity index (χ1n) is 5.46. The zero-order valence-electron chi connectivity index (χ0n) is 10.2. The van der Waals surface area contributed by atoms with E-state index in [1.54, 1.807) is 13.8 Å². The second kappa shape index (κ2) is 5.64. The normalized spacial score (nSPS) is 13.8. The van der Waals surface area contributed by atoms with Gasteiger partial charge in [-0.15, -0.1) is 0 Å². The van der Waals surface area contributed by atoms with E-state index in [9.17, 15) is 12.8 Å². The van der Waals surface area contributed by atoms with Crippen molar-refractivity contribution < 1.29 is 17.9 Å². The Balaban J connectivity index is 3.15. The Bertz CT molecular complexity index is 497. The molecule has 102 valence electrons. The number of aliphatic hydroxyl groups is 1. The van der Waals surface area contributed by atoms with E-state index in [4.69, 9.17) is 10.8 Å². The third kappa shape index (κ3) is 3.18. The van der Waals surface area contributed by atoms with Gasteiger partial charge in [-0.3, -0.25) is 0 Å². The van der Waals surface area contributed by atoms with Crippen LogP contribution < -0.4 is 10.5 Å². The van der Waals surface area contributed by atoms with Crippen LogP contribution in [0.1, 0.15) is 13.8 Å². The summed E-state index contributed by atoms with van der Waals surface area (Å²) >= 11 is 0. The molecule has 0 aliphatic heterocycles. The van der Waals surface area contributed by atoms with Crippen LogP contribution in [0.2, 0.25) is 0 Å². The first-order valence-corrected chi connectivity index (χ1v) is 6.95. The number of hydrogen-bond donors (Lipinski definition) is 3. The molecule has 0 aliphatic carbocycles. The predicted molar refractivity (Wildman–Crippen MR) is 66.8 cm³/mol. The Kier molecular flexibility index (Phi) is 4.66. The van der Waals surface area contributed by atoms with Crippen LogP contribution >= 0.6 is 0 Å². The van der Waals surface area contributed by atoms with Crippen LogP contribution in [0.4, 0.5) is 10.1 Å². The van der Waals surface area contributed by atoms with Gasteiger partial charge in [-0.25, -0.2) is 17.5 Å². The van der Waals surface area contributed by atoms with Crippen molar-refractivity contribution in [1.82, 2.24) is 4.72 Å². The van der Waals surface area contributed by atoms with E-state index in [1.807, 2.05) is 0 Å². The highest BCUT2D eigenvalue weighted by Crippen LogP contribution is 2.22. The van der Waals surface area contributed by atoms with Crippen molar-refractivity contribution >= 4 is 15.7 Å². The van der Waals surface area contributed by atoms with Gasteiger partial charge in [0.05, 0.1) is 12.3 Å². The number of nitrogen functional groups attached to an aromatic ring is 1. The SMILES string of the molecule is CC(C)[C@@H](CO)NS(=O)(=O)c1c(N)cccc1F. The standard InChI is InChI=1S/C11H17FN2O3S/c1-7(2)10(6-15)14-18(16,17)11-8(12)4-3-5-9(11)13/h3-5,7,10,14-15H,6,13H2,1-2H3/t10-/m1/s1. The Labute approximate surface area is 106 Å². The van der Waals surface area contributed by atoms with Crippen LogP contribution in [0.5, 0.6) is 0 Å². The lowest BCUT2D eigenvalue weighted by Gasteiger charge is -2.20. The van der Waals surface area contributed by atoms with Gasteiger partial charge in [0.1, 0.15) is 10.7 Å². The summed E-state index contributed by atoms with van der Waals surface area (Å²) in [5.41, 5.74) is 5.32. The van der Waals surface area contributed by atoms with Gasteiger partial charge in [-0.05, 0) is 18.1 Å². The zero-order chi connectivity index (χ0) is 13.9. The molecule has 1 rings (SSSR count). The van der Waals surface area contributed by atoms with Gasteiger partial charge in [-0.1, -0.05) is 19.9 Å². The molecule has 0 spiro atoms. The second-order valence-corrected chi connectivity index (χ2v) is 5.96. The van der Waals surface area contributed by atoms with Crippen molar-refractivity contribution in [3.63, 3.8) is 0 Å². The number of nitrogens with one attached hydrogen (secondary N) is 1. The molecular formula is C11H17FN2O3S. The summed E-state index contributed by atoms with van der Waals surface area (Å²) < 4.78 is 39.8. The molecule has 4 N–H and O–H groups in total. The minimum Gasteiger partial charge on any atom is -0.398 e. The number of hydrogen-bond acceptors (Lipinski definition) is 4. The minimum atomic E-state index is -4.09. The smallest absolute Gasteiger partial charge is 0.245 e. The third-order valence-corrected chi connectivity index (χ3v) is 4.16. The number of aliphatic hydroxyl groups excluding tert-OH is 1. The summed E-state index contributed by atoms with van der Waals surface area (Å²) in [5.74, 6) is -1.04. The molecule has 5 nitrogen and oxygen atoms in total. The molecule has 0 amide bonds. The maximum absolute atomic E-state index is 13.5. The summed E-state index contributed by atoms with van der Waals surface area (Å²) in [5, 5.41) is 9.09. The van der Waals surface area contributed by atoms with Crippen molar-refractivity contribution in [2.45, 2.75) is 24.8 Å².